The molecule has 1 aliphatic carbocycles. The first-order valence-electron chi connectivity index (χ1n) is 6.91. The summed E-state index contributed by atoms with van der Waals surface area (Å²) in [4.78, 5) is 11.3. The van der Waals surface area contributed by atoms with Crippen LogP contribution in [-0.4, -0.2) is 40.0 Å². The Hall–Kier alpha value is -1.00. The summed E-state index contributed by atoms with van der Waals surface area (Å²) in [5.74, 6) is 0.879. The van der Waals surface area contributed by atoms with Gasteiger partial charge in [-0.15, -0.1) is 0 Å². The predicted molar refractivity (Wildman–Crippen MR) is 71.2 cm³/mol. The number of aromatic nitrogens is 2. The van der Waals surface area contributed by atoms with E-state index in [9.17, 15) is 0 Å². The van der Waals surface area contributed by atoms with Gasteiger partial charge in [0.2, 0.25) is 0 Å². The van der Waals surface area contributed by atoms with Crippen molar-refractivity contribution in [2.75, 3.05) is 19.6 Å². The van der Waals surface area contributed by atoms with E-state index in [0.717, 1.165) is 43.5 Å². The van der Waals surface area contributed by atoms with Crippen molar-refractivity contribution in [1.29, 1.82) is 0 Å². The number of piperazine rings is 1. The monoisotopic (exact) mass is 246 g/mol. The molecule has 0 radical (unpaired) electrons. The third-order valence-corrected chi connectivity index (χ3v) is 4.21. The van der Waals surface area contributed by atoms with Crippen molar-refractivity contribution in [2.24, 2.45) is 5.92 Å². The zero-order valence-electron chi connectivity index (χ0n) is 11.3. The lowest BCUT2D eigenvalue weighted by Gasteiger charge is -2.41. The Morgan fingerprint density at radius 3 is 2.89 bits per heavy atom. The average molecular weight is 246 g/mol. The van der Waals surface area contributed by atoms with Crippen molar-refractivity contribution < 1.29 is 0 Å². The Balaban J connectivity index is 1.64. The zero-order chi connectivity index (χ0) is 12.6. The number of aryl methyl sites for hydroxylation is 1. The molecule has 2 fully saturated rings. The second-order valence-electron chi connectivity index (χ2n) is 5.98. The van der Waals surface area contributed by atoms with Crippen LogP contribution < -0.4 is 5.32 Å². The number of nitrogens with zero attached hydrogens (tertiary/aromatic N) is 3. The fourth-order valence-corrected chi connectivity index (χ4v) is 2.96. The summed E-state index contributed by atoms with van der Waals surface area (Å²) in [7, 11) is 0. The number of nitrogens with one attached hydrogen (secondary N) is 1. The highest BCUT2D eigenvalue weighted by molar-refractivity contribution is 5.05. The van der Waals surface area contributed by atoms with E-state index in [1.54, 1.807) is 0 Å². The molecule has 4 heteroatoms. The van der Waals surface area contributed by atoms with Gasteiger partial charge in [-0.05, 0) is 32.6 Å². The summed E-state index contributed by atoms with van der Waals surface area (Å²) in [5, 5.41) is 3.70. The van der Waals surface area contributed by atoms with Gasteiger partial charge in [0.15, 0.2) is 0 Å². The van der Waals surface area contributed by atoms with Crippen molar-refractivity contribution in [3.63, 3.8) is 0 Å². The molecular weight excluding hydrogens is 224 g/mol. The Morgan fingerprint density at radius 1 is 1.39 bits per heavy atom. The maximum absolute atomic E-state index is 4.46. The van der Waals surface area contributed by atoms with Crippen LogP contribution in [-0.2, 0) is 6.54 Å². The van der Waals surface area contributed by atoms with Crippen molar-refractivity contribution in [3.05, 3.63) is 23.8 Å². The van der Waals surface area contributed by atoms with E-state index in [1.807, 2.05) is 19.3 Å². The Bertz CT molecular complexity index is 412. The highest BCUT2D eigenvalue weighted by Crippen LogP contribution is 2.40. The molecule has 3 rings (SSSR count). The largest absolute Gasteiger partial charge is 0.309 e. The maximum atomic E-state index is 4.46. The minimum absolute atomic E-state index is 0.316. The van der Waals surface area contributed by atoms with Gasteiger partial charge in [-0.3, -0.25) is 14.9 Å². The molecule has 18 heavy (non-hydrogen) atoms. The van der Waals surface area contributed by atoms with E-state index in [0.29, 0.717) is 5.54 Å². The molecule has 4 nitrogen and oxygen atoms in total. The molecule has 0 bridgehead atoms. The van der Waals surface area contributed by atoms with Gasteiger partial charge >= 0.3 is 0 Å². The number of hydrogen-bond acceptors (Lipinski definition) is 4. The molecule has 1 aliphatic heterocycles. The standard InChI is InChI=1S/C14H22N4/c1-11-7-16-13(8-15-11)9-18-6-5-17-14(2,10-18)12-3-4-12/h7-8,12,17H,3-6,9-10H2,1-2H3. The molecule has 1 atom stereocenters. The van der Waals surface area contributed by atoms with Crippen LogP contribution in [0, 0.1) is 12.8 Å². The van der Waals surface area contributed by atoms with Crippen molar-refractivity contribution in [1.82, 2.24) is 20.2 Å². The van der Waals surface area contributed by atoms with Gasteiger partial charge in [0.25, 0.3) is 0 Å². The molecule has 0 amide bonds. The summed E-state index contributed by atoms with van der Waals surface area (Å²) >= 11 is 0. The number of rotatable bonds is 3. The second-order valence-corrected chi connectivity index (χ2v) is 5.98. The molecule has 2 aliphatic rings. The van der Waals surface area contributed by atoms with E-state index >= 15 is 0 Å². The van der Waals surface area contributed by atoms with E-state index in [1.165, 1.54) is 12.8 Å². The number of hydrogen-bond donors (Lipinski definition) is 1. The predicted octanol–water partition coefficient (Wildman–Crippen LogP) is 1.36. The van der Waals surface area contributed by atoms with E-state index < -0.39 is 0 Å². The summed E-state index contributed by atoms with van der Waals surface area (Å²) in [5.41, 5.74) is 2.39. The summed E-state index contributed by atoms with van der Waals surface area (Å²) < 4.78 is 0. The van der Waals surface area contributed by atoms with Crippen LogP contribution in [0.25, 0.3) is 0 Å². The molecule has 1 N–H and O–H groups in total. The maximum Gasteiger partial charge on any atom is 0.0727 e. The van der Waals surface area contributed by atoms with Crippen LogP contribution in [0.2, 0.25) is 0 Å². The van der Waals surface area contributed by atoms with Crippen LogP contribution in [0.3, 0.4) is 0 Å². The van der Waals surface area contributed by atoms with Gasteiger partial charge in [0.1, 0.15) is 0 Å². The molecule has 0 aromatic carbocycles. The van der Waals surface area contributed by atoms with Crippen LogP contribution >= 0.6 is 0 Å². The summed E-state index contributed by atoms with van der Waals surface area (Å²) in [6.45, 7) is 8.61. The van der Waals surface area contributed by atoms with Gasteiger partial charge < -0.3 is 5.32 Å². The third-order valence-electron chi connectivity index (χ3n) is 4.21. The van der Waals surface area contributed by atoms with E-state index in [-0.39, 0.29) is 0 Å². The topological polar surface area (TPSA) is 41.1 Å². The first-order chi connectivity index (χ1) is 8.66. The van der Waals surface area contributed by atoms with Crippen LogP contribution in [0.5, 0.6) is 0 Å². The summed E-state index contributed by atoms with van der Waals surface area (Å²) in [6, 6.07) is 0. The lowest BCUT2D eigenvalue weighted by Crippen LogP contribution is -2.59. The minimum Gasteiger partial charge on any atom is -0.309 e. The highest BCUT2D eigenvalue weighted by Gasteiger charge is 2.43. The fraction of sp³-hybridized carbons (Fsp3) is 0.714. The van der Waals surface area contributed by atoms with Crippen molar-refractivity contribution in [2.45, 2.75) is 38.8 Å². The molecule has 98 valence electrons. The van der Waals surface area contributed by atoms with Crippen LogP contribution in [0.15, 0.2) is 12.4 Å². The molecule has 2 heterocycles. The van der Waals surface area contributed by atoms with E-state index in [4.69, 9.17) is 0 Å². The van der Waals surface area contributed by atoms with Gasteiger partial charge in [-0.25, -0.2) is 0 Å². The Morgan fingerprint density at radius 2 is 2.22 bits per heavy atom. The smallest absolute Gasteiger partial charge is 0.0727 e. The molecule has 0 spiro atoms. The molecule has 1 aromatic heterocycles. The lowest BCUT2D eigenvalue weighted by molar-refractivity contribution is 0.120. The van der Waals surface area contributed by atoms with Crippen LogP contribution in [0.1, 0.15) is 31.2 Å². The average Bonchev–Trinajstić information content (AvgIpc) is 3.17. The molecule has 1 unspecified atom stereocenters. The Labute approximate surface area is 109 Å². The minimum atomic E-state index is 0.316. The van der Waals surface area contributed by atoms with Gasteiger partial charge in [-0.2, -0.15) is 0 Å². The highest BCUT2D eigenvalue weighted by atomic mass is 15.2. The molecule has 1 saturated heterocycles. The molecular formula is C14H22N4. The van der Waals surface area contributed by atoms with Gasteiger partial charge in [0.05, 0.1) is 11.4 Å². The summed E-state index contributed by atoms with van der Waals surface area (Å²) in [6.07, 6.45) is 6.55. The van der Waals surface area contributed by atoms with Gasteiger partial charge in [-0.1, -0.05) is 0 Å². The SMILES string of the molecule is Cc1cnc(CN2CCNC(C)(C3CC3)C2)cn1. The van der Waals surface area contributed by atoms with Gasteiger partial charge in [0, 0.05) is 44.1 Å². The van der Waals surface area contributed by atoms with Crippen LogP contribution in [0.4, 0.5) is 0 Å². The van der Waals surface area contributed by atoms with E-state index in [2.05, 4.69) is 27.1 Å². The second kappa shape index (κ2) is 4.59. The first-order valence-corrected chi connectivity index (χ1v) is 6.91. The zero-order valence-corrected chi connectivity index (χ0v) is 11.3. The quantitative estimate of drug-likeness (QED) is 0.874. The lowest BCUT2D eigenvalue weighted by atomic mass is 9.93. The third kappa shape index (κ3) is 2.54. The molecule has 1 aromatic rings. The van der Waals surface area contributed by atoms with Crippen molar-refractivity contribution >= 4 is 0 Å². The van der Waals surface area contributed by atoms with Crippen molar-refractivity contribution in [3.8, 4) is 0 Å². The fourth-order valence-electron chi connectivity index (χ4n) is 2.96. The first kappa shape index (κ1) is 12.1. The normalized spacial score (nSPS) is 29.4. The molecule has 1 saturated carbocycles. The Kier molecular flexibility index (Phi) is 3.08.